The zero-order chi connectivity index (χ0) is 11.9. The van der Waals surface area contributed by atoms with Gasteiger partial charge in [-0.25, -0.2) is 4.98 Å². The average Bonchev–Trinajstić information content (AvgIpc) is 2.44. The summed E-state index contributed by atoms with van der Waals surface area (Å²) in [5.41, 5.74) is 0.915. The molecule has 5 heteroatoms. The number of ether oxygens (including phenoxy) is 1. The van der Waals surface area contributed by atoms with Crippen LogP contribution < -0.4 is 0 Å². The van der Waals surface area contributed by atoms with Crippen molar-refractivity contribution in [2.75, 3.05) is 13.2 Å². The molecule has 0 aliphatic carbocycles. The fourth-order valence-electron chi connectivity index (χ4n) is 1.93. The van der Waals surface area contributed by atoms with Gasteiger partial charge in [0.15, 0.2) is 5.41 Å². The summed E-state index contributed by atoms with van der Waals surface area (Å²) < 4.78 is 5.02. The van der Waals surface area contributed by atoms with Crippen molar-refractivity contribution in [2.24, 2.45) is 0 Å². The summed E-state index contributed by atoms with van der Waals surface area (Å²) in [7, 11) is 0. The number of hydrogen-bond donors (Lipinski definition) is 2. The summed E-state index contributed by atoms with van der Waals surface area (Å²) in [6.07, 6.45) is 0. The third kappa shape index (κ3) is 1.43. The number of carboxylic acids is 1. The number of imidazole rings is 1. The van der Waals surface area contributed by atoms with Crippen LogP contribution >= 0.6 is 0 Å². The van der Waals surface area contributed by atoms with Crippen LogP contribution in [0.15, 0.2) is 0 Å². The topological polar surface area (TPSA) is 75.2 Å². The standard InChI is InChI=1S/C11H16N2O3/c1-6(2)8-7(3)12-9(13-8)11(10(14)15)4-16-5-11/h6H,4-5H2,1-3H3,(H,12,13)(H,14,15). The van der Waals surface area contributed by atoms with Gasteiger partial charge in [0.1, 0.15) is 5.82 Å². The summed E-state index contributed by atoms with van der Waals surface area (Å²) in [6, 6.07) is 0. The highest BCUT2D eigenvalue weighted by Crippen LogP contribution is 2.32. The fraction of sp³-hybridized carbons (Fsp3) is 0.636. The number of carboxylic acid groups (broad SMARTS) is 1. The molecule has 0 amide bonds. The molecule has 0 spiro atoms. The van der Waals surface area contributed by atoms with Gasteiger partial charge >= 0.3 is 5.97 Å². The van der Waals surface area contributed by atoms with Gasteiger partial charge in [-0.05, 0) is 12.8 Å². The van der Waals surface area contributed by atoms with E-state index in [9.17, 15) is 9.90 Å². The van der Waals surface area contributed by atoms with E-state index in [0.717, 1.165) is 11.4 Å². The van der Waals surface area contributed by atoms with Crippen molar-refractivity contribution in [3.05, 3.63) is 17.2 Å². The van der Waals surface area contributed by atoms with Gasteiger partial charge in [-0.3, -0.25) is 4.79 Å². The molecule has 16 heavy (non-hydrogen) atoms. The second-order valence-corrected chi connectivity index (χ2v) is 4.63. The van der Waals surface area contributed by atoms with Crippen LogP contribution in [0, 0.1) is 6.92 Å². The van der Waals surface area contributed by atoms with Crippen LogP contribution in [-0.4, -0.2) is 34.3 Å². The molecule has 0 radical (unpaired) electrons. The van der Waals surface area contributed by atoms with Crippen LogP contribution in [0.3, 0.4) is 0 Å². The molecule has 1 aliphatic heterocycles. The highest BCUT2D eigenvalue weighted by atomic mass is 16.5. The zero-order valence-corrected chi connectivity index (χ0v) is 9.70. The Morgan fingerprint density at radius 1 is 1.56 bits per heavy atom. The molecule has 1 aromatic rings. The number of aromatic amines is 1. The number of carbonyl (C=O) groups is 1. The Morgan fingerprint density at radius 3 is 2.50 bits per heavy atom. The summed E-state index contributed by atoms with van der Waals surface area (Å²) in [5, 5.41) is 9.24. The molecule has 88 valence electrons. The van der Waals surface area contributed by atoms with Crippen molar-refractivity contribution in [2.45, 2.75) is 32.1 Å². The number of rotatable bonds is 3. The first kappa shape index (κ1) is 11.1. The van der Waals surface area contributed by atoms with Crippen LogP contribution in [0.2, 0.25) is 0 Å². The maximum atomic E-state index is 11.3. The smallest absolute Gasteiger partial charge is 0.322 e. The van der Waals surface area contributed by atoms with E-state index >= 15 is 0 Å². The van der Waals surface area contributed by atoms with Gasteiger partial charge in [-0.1, -0.05) is 13.8 Å². The highest BCUT2D eigenvalue weighted by molar-refractivity contribution is 5.81. The van der Waals surface area contributed by atoms with E-state index in [-0.39, 0.29) is 19.1 Å². The predicted octanol–water partition coefficient (Wildman–Crippen LogP) is 1.19. The molecule has 0 unspecified atom stereocenters. The van der Waals surface area contributed by atoms with Crippen LogP contribution in [0.4, 0.5) is 0 Å². The highest BCUT2D eigenvalue weighted by Gasteiger charge is 2.50. The molecule has 1 saturated heterocycles. The molecule has 0 bridgehead atoms. The summed E-state index contributed by atoms with van der Waals surface area (Å²) in [4.78, 5) is 18.7. The lowest BCUT2D eigenvalue weighted by Gasteiger charge is -2.35. The number of aryl methyl sites for hydroxylation is 1. The van der Waals surface area contributed by atoms with Crippen LogP contribution in [0.1, 0.15) is 37.0 Å². The Morgan fingerprint density at radius 2 is 2.19 bits per heavy atom. The van der Waals surface area contributed by atoms with E-state index in [4.69, 9.17) is 4.74 Å². The first-order valence-corrected chi connectivity index (χ1v) is 5.35. The summed E-state index contributed by atoms with van der Waals surface area (Å²) in [5.74, 6) is -0.0629. The first-order chi connectivity index (χ1) is 7.47. The van der Waals surface area contributed by atoms with Gasteiger partial charge in [0.25, 0.3) is 0 Å². The molecule has 1 fully saturated rings. The van der Waals surface area contributed by atoms with E-state index in [1.807, 2.05) is 20.8 Å². The van der Waals surface area contributed by atoms with Gasteiger partial charge < -0.3 is 14.8 Å². The Balaban J connectivity index is 2.40. The molecule has 5 nitrogen and oxygen atoms in total. The lowest BCUT2D eigenvalue weighted by molar-refractivity contribution is -0.163. The molecule has 0 atom stereocenters. The SMILES string of the molecule is Cc1[nH]c(C2(C(=O)O)COC2)nc1C(C)C. The minimum atomic E-state index is -0.960. The lowest BCUT2D eigenvalue weighted by atomic mass is 9.85. The lowest BCUT2D eigenvalue weighted by Crippen LogP contribution is -2.53. The van der Waals surface area contributed by atoms with Gasteiger partial charge in [-0.2, -0.15) is 0 Å². The second kappa shape index (κ2) is 3.59. The molecule has 1 aliphatic rings. The second-order valence-electron chi connectivity index (χ2n) is 4.63. The number of H-pyrrole nitrogens is 1. The molecular formula is C11H16N2O3. The van der Waals surface area contributed by atoms with Crippen molar-refractivity contribution < 1.29 is 14.6 Å². The Kier molecular flexibility index (Phi) is 2.50. The summed E-state index contributed by atoms with van der Waals surface area (Å²) in [6.45, 7) is 6.40. The monoisotopic (exact) mass is 224 g/mol. The van der Waals surface area contributed by atoms with E-state index in [0.29, 0.717) is 5.82 Å². The minimum Gasteiger partial charge on any atom is -0.480 e. The van der Waals surface area contributed by atoms with Crippen molar-refractivity contribution >= 4 is 5.97 Å². The van der Waals surface area contributed by atoms with Crippen molar-refractivity contribution in [1.29, 1.82) is 0 Å². The Labute approximate surface area is 93.8 Å². The fourth-order valence-corrected chi connectivity index (χ4v) is 1.93. The van der Waals surface area contributed by atoms with Crippen molar-refractivity contribution in [1.82, 2.24) is 9.97 Å². The molecule has 0 aromatic carbocycles. The van der Waals surface area contributed by atoms with Gasteiger partial charge in [0, 0.05) is 5.69 Å². The molecule has 1 aromatic heterocycles. The van der Waals surface area contributed by atoms with E-state index in [2.05, 4.69) is 9.97 Å². The van der Waals surface area contributed by atoms with Crippen LogP contribution in [0.5, 0.6) is 0 Å². The third-order valence-corrected chi connectivity index (χ3v) is 3.03. The maximum absolute atomic E-state index is 11.3. The molecule has 0 saturated carbocycles. The van der Waals surface area contributed by atoms with E-state index in [1.165, 1.54) is 0 Å². The predicted molar refractivity (Wildman–Crippen MR) is 57.5 cm³/mol. The van der Waals surface area contributed by atoms with E-state index < -0.39 is 11.4 Å². The maximum Gasteiger partial charge on any atom is 0.322 e. The molecular weight excluding hydrogens is 208 g/mol. The van der Waals surface area contributed by atoms with Crippen molar-refractivity contribution in [3.63, 3.8) is 0 Å². The number of aromatic nitrogens is 2. The average molecular weight is 224 g/mol. The first-order valence-electron chi connectivity index (χ1n) is 5.35. The normalized spacial score (nSPS) is 18.5. The third-order valence-electron chi connectivity index (χ3n) is 3.03. The minimum absolute atomic E-state index is 0.201. The van der Waals surface area contributed by atoms with Gasteiger partial charge in [0.2, 0.25) is 0 Å². The van der Waals surface area contributed by atoms with Crippen molar-refractivity contribution in [3.8, 4) is 0 Å². The van der Waals surface area contributed by atoms with Crippen LogP contribution in [0.25, 0.3) is 0 Å². The van der Waals surface area contributed by atoms with Gasteiger partial charge in [0.05, 0.1) is 18.9 Å². The molecule has 2 heterocycles. The Bertz CT molecular complexity index is 419. The summed E-state index contributed by atoms with van der Waals surface area (Å²) >= 11 is 0. The van der Waals surface area contributed by atoms with Gasteiger partial charge in [-0.15, -0.1) is 0 Å². The largest absolute Gasteiger partial charge is 0.480 e. The number of aliphatic carboxylic acids is 1. The van der Waals surface area contributed by atoms with Crippen LogP contribution in [-0.2, 0) is 14.9 Å². The molecule has 2 N–H and O–H groups in total. The zero-order valence-electron chi connectivity index (χ0n) is 9.70. The van der Waals surface area contributed by atoms with E-state index in [1.54, 1.807) is 0 Å². The molecule has 2 rings (SSSR count). The number of hydrogen-bond acceptors (Lipinski definition) is 3. The Hall–Kier alpha value is -1.36. The number of nitrogens with zero attached hydrogens (tertiary/aromatic N) is 1. The number of nitrogens with one attached hydrogen (secondary N) is 1. The quantitative estimate of drug-likeness (QED) is 0.808.